The molecule has 0 aromatic carbocycles. The van der Waals surface area contributed by atoms with E-state index >= 15 is 0 Å². The molecule has 1 rings (SSSR count). The van der Waals surface area contributed by atoms with Crippen LogP contribution in [0.25, 0.3) is 0 Å². The Morgan fingerprint density at radius 3 is 2.92 bits per heavy atom. The lowest BCUT2D eigenvalue weighted by molar-refractivity contribution is -0.119. The minimum absolute atomic E-state index is 0.0179. The van der Waals surface area contributed by atoms with E-state index in [9.17, 15) is 4.79 Å². The van der Waals surface area contributed by atoms with Gasteiger partial charge in [0.2, 0.25) is 0 Å². The Morgan fingerprint density at radius 1 is 1.83 bits per heavy atom. The van der Waals surface area contributed by atoms with Gasteiger partial charge in [-0.2, -0.15) is 0 Å². The highest BCUT2D eigenvalue weighted by molar-refractivity contribution is 5.84. The van der Waals surface area contributed by atoms with Crippen LogP contribution < -0.4 is 5.73 Å². The fraction of sp³-hybridized carbons (Fsp3) is 0.500. The lowest BCUT2D eigenvalue weighted by atomic mass is 10.1. The summed E-state index contributed by atoms with van der Waals surface area (Å²) < 4.78 is 1.82. The van der Waals surface area contributed by atoms with Crippen LogP contribution in [0.2, 0.25) is 0 Å². The van der Waals surface area contributed by atoms with Crippen molar-refractivity contribution < 1.29 is 4.79 Å². The summed E-state index contributed by atoms with van der Waals surface area (Å²) >= 11 is 0. The maximum atomic E-state index is 11.2. The first-order chi connectivity index (χ1) is 5.61. The molecule has 1 unspecified atom stereocenters. The predicted molar refractivity (Wildman–Crippen MR) is 45.6 cm³/mol. The van der Waals surface area contributed by atoms with E-state index in [0.717, 1.165) is 5.82 Å². The van der Waals surface area contributed by atoms with Crippen LogP contribution in [0.1, 0.15) is 12.7 Å². The third kappa shape index (κ3) is 1.92. The van der Waals surface area contributed by atoms with Gasteiger partial charge in [0.05, 0.1) is 12.5 Å². The molecule has 0 aliphatic carbocycles. The molecule has 1 aromatic rings. The van der Waals surface area contributed by atoms with Gasteiger partial charge >= 0.3 is 0 Å². The summed E-state index contributed by atoms with van der Waals surface area (Å²) in [7, 11) is 1.86. The molecule has 0 spiro atoms. The van der Waals surface area contributed by atoms with E-state index in [1.54, 1.807) is 13.1 Å². The van der Waals surface area contributed by atoms with Crippen molar-refractivity contribution in [3.8, 4) is 0 Å². The smallest absolute Gasteiger partial charge is 0.156 e. The van der Waals surface area contributed by atoms with Crippen LogP contribution in [-0.2, 0) is 18.3 Å². The molecule has 0 amide bonds. The highest BCUT2D eigenvalue weighted by atomic mass is 16.1. The maximum Gasteiger partial charge on any atom is 0.156 e. The van der Waals surface area contributed by atoms with E-state index in [4.69, 9.17) is 5.73 Å². The zero-order chi connectivity index (χ0) is 9.14. The van der Waals surface area contributed by atoms with Crippen molar-refractivity contribution in [1.82, 2.24) is 9.55 Å². The molecule has 0 aliphatic heterocycles. The van der Waals surface area contributed by atoms with Crippen LogP contribution >= 0.6 is 0 Å². The topological polar surface area (TPSA) is 60.9 Å². The Morgan fingerprint density at radius 2 is 2.50 bits per heavy atom. The number of Topliss-reactive ketones (excluding diaryl/α,β-unsaturated/α-hetero) is 1. The Kier molecular flexibility index (Phi) is 2.60. The lowest BCUT2D eigenvalue weighted by Gasteiger charge is -2.03. The average Bonchev–Trinajstić information content (AvgIpc) is 2.36. The van der Waals surface area contributed by atoms with Crippen molar-refractivity contribution in [3.63, 3.8) is 0 Å². The number of carbonyl (C=O) groups is 1. The van der Waals surface area contributed by atoms with Gasteiger partial charge in [-0.1, -0.05) is 0 Å². The molecule has 2 N–H and O–H groups in total. The molecule has 0 radical (unpaired) electrons. The van der Waals surface area contributed by atoms with Gasteiger partial charge in [-0.15, -0.1) is 0 Å². The van der Waals surface area contributed by atoms with E-state index in [2.05, 4.69) is 4.98 Å². The van der Waals surface area contributed by atoms with Gasteiger partial charge in [-0.25, -0.2) is 4.98 Å². The highest BCUT2D eigenvalue weighted by Crippen LogP contribution is 1.97. The number of hydrogen-bond donors (Lipinski definition) is 1. The maximum absolute atomic E-state index is 11.2. The minimum Gasteiger partial charge on any atom is -0.338 e. The highest BCUT2D eigenvalue weighted by Gasteiger charge is 2.10. The van der Waals surface area contributed by atoms with E-state index < -0.39 is 6.04 Å². The quantitative estimate of drug-likeness (QED) is 0.682. The number of carbonyl (C=O) groups excluding carboxylic acids is 1. The summed E-state index contributed by atoms with van der Waals surface area (Å²) in [6, 6.07) is -0.401. The number of nitrogens with zero attached hydrogens (tertiary/aromatic N) is 2. The Hall–Kier alpha value is -1.16. The fourth-order valence-electron chi connectivity index (χ4n) is 0.884. The van der Waals surface area contributed by atoms with Crippen LogP contribution in [0.4, 0.5) is 0 Å². The lowest BCUT2D eigenvalue weighted by Crippen LogP contribution is -2.28. The second-order valence-electron chi connectivity index (χ2n) is 2.89. The van der Waals surface area contributed by atoms with Gasteiger partial charge < -0.3 is 10.3 Å². The SMILES string of the molecule is CC(N)C(=O)Cc1nccn1C. The van der Waals surface area contributed by atoms with Crippen molar-refractivity contribution in [2.24, 2.45) is 12.8 Å². The van der Waals surface area contributed by atoms with Crippen molar-refractivity contribution in [2.75, 3.05) is 0 Å². The molecule has 66 valence electrons. The van der Waals surface area contributed by atoms with Crippen LogP contribution in [0.5, 0.6) is 0 Å². The number of aromatic nitrogens is 2. The Labute approximate surface area is 71.4 Å². The molecule has 0 saturated carbocycles. The number of imidazole rings is 1. The van der Waals surface area contributed by atoms with Crippen LogP contribution in [0.15, 0.2) is 12.4 Å². The van der Waals surface area contributed by atoms with Gasteiger partial charge in [0.1, 0.15) is 5.82 Å². The molecule has 0 fully saturated rings. The number of ketones is 1. The summed E-state index contributed by atoms with van der Waals surface area (Å²) in [5.41, 5.74) is 5.42. The fourth-order valence-corrected chi connectivity index (χ4v) is 0.884. The molecular formula is C8H13N3O. The van der Waals surface area contributed by atoms with Gasteiger partial charge in [0, 0.05) is 19.4 Å². The second kappa shape index (κ2) is 3.49. The van der Waals surface area contributed by atoms with E-state index in [1.165, 1.54) is 0 Å². The largest absolute Gasteiger partial charge is 0.338 e. The summed E-state index contributed by atoms with van der Waals surface area (Å²) in [4.78, 5) is 15.2. The average molecular weight is 167 g/mol. The normalized spacial score (nSPS) is 12.9. The molecule has 12 heavy (non-hydrogen) atoms. The minimum atomic E-state index is -0.401. The third-order valence-electron chi connectivity index (χ3n) is 1.76. The summed E-state index contributed by atoms with van der Waals surface area (Å²) in [6.45, 7) is 1.69. The molecule has 1 aromatic heterocycles. The van der Waals surface area contributed by atoms with Gasteiger partial charge in [0.25, 0.3) is 0 Å². The van der Waals surface area contributed by atoms with E-state index in [1.807, 2.05) is 17.8 Å². The first kappa shape index (κ1) is 8.93. The van der Waals surface area contributed by atoms with Crippen LogP contribution in [-0.4, -0.2) is 21.4 Å². The monoisotopic (exact) mass is 167 g/mol. The van der Waals surface area contributed by atoms with Crippen molar-refractivity contribution >= 4 is 5.78 Å². The van der Waals surface area contributed by atoms with E-state index in [0.29, 0.717) is 6.42 Å². The summed E-state index contributed by atoms with van der Waals surface area (Å²) in [6.07, 6.45) is 3.80. The number of nitrogens with two attached hydrogens (primary N) is 1. The van der Waals surface area contributed by atoms with Crippen molar-refractivity contribution in [3.05, 3.63) is 18.2 Å². The standard InChI is InChI=1S/C8H13N3O/c1-6(9)7(12)5-8-10-3-4-11(8)2/h3-4,6H,5,9H2,1-2H3. The van der Waals surface area contributed by atoms with Gasteiger partial charge in [0.15, 0.2) is 5.78 Å². The molecule has 0 saturated heterocycles. The zero-order valence-electron chi connectivity index (χ0n) is 7.32. The van der Waals surface area contributed by atoms with Crippen molar-refractivity contribution in [2.45, 2.75) is 19.4 Å². The van der Waals surface area contributed by atoms with Crippen molar-refractivity contribution in [1.29, 1.82) is 0 Å². The number of rotatable bonds is 3. The molecule has 0 bridgehead atoms. The molecule has 4 nitrogen and oxygen atoms in total. The summed E-state index contributed by atoms with van der Waals surface area (Å²) in [5.74, 6) is 0.779. The van der Waals surface area contributed by atoms with Crippen LogP contribution in [0.3, 0.4) is 0 Å². The van der Waals surface area contributed by atoms with E-state index in [-0.39, 0.29) is 5.78 Å². The second-order valence-corrected chi connectivity index (χ2v) is 2.89. The molecular weight excluding hydrogens is 154 g/mol. The number of hydrogen-bond acceptors (Lipinski definition) is 3. The first-order valence-corrected chi connectivity index (χ1v) is 3.85. The van der Waals surface area contributed by atoms with Gasteiger partial charge in [-0.3, -0.25) is 4.79 Å². The Balaban J connectivity index is 2.64. The first-order valence-electron chi connectivity index (χ1n) is 3.85. The molecule has 1 atom stereocenters. The zero-order valence-corrected chi connectivity index (χ0v) is 7.32. The molecule has 1 heterocycles. The van der Waals surface area contributed by atoms with Crippen LogP contribution in [0, 0.1) is 0 Å². The molecule has 0 aliphatic rings. The molecule has 4 heteroatoms. The number of aryl methyl sites for hydroxylation is 1. The predicted octanol–water partition coefficient (Wildman–Crippen LogP) is -0.121. The third-order valence-corrected chi connectivity index (χ3v) is 1.76. The Bertz CT molecular complexity index is 278. The van der Waals surface area contributed by atoms with Gasteiger partial charge in [-0.05, 0) is 6.92 Å². The summed E-state index contributed by atoms with van der Waals surface area (Å²) in [5, 5.41) is 0.